The van der Waals surface area contributed by atoms with Crippen molar-refractivity contribution in [2.24, 2.45) is 4.99 Å². The minimum atomic E-state index is -0.476. The van der Waals surface area contributed by atoms with Crippen molar-refractivity contribution < 1.29 is 9.59 Å². The molecule has 0 bridgehead atoms. The quantitative estimate of drug-likeness (QED) is 0.682. The van der Waals surface area contributed by atoms with Gasteiger partial charge in [0.1, 0.15) is 5.69 Å². The van der Waals surface area contributed by atoms with Gasteiger partial charge >= 0.3 is 0 Å². The number of halogens is 2. The molecule has 0 aliphatic carbocycles. The lowest BCUT2D eigenvalue weighted by molar-refractivity contribution is -0.114. The van der Waals surface area contributed by atoms with Crippen molar-refractivity contribution >= 4 is 62.8 Å². The zero-order valence-corrected chi connectivity index (χ0v) is 16.5. The summed E-state index contributed by atoms with van der Waals surface area (Å²) in [5.74, 6) is -0.720. The van der Waals surface area contributed by atoms with E-state index in [1.807, 2.05) is 22.2 Å². The predicted octanol–water partition coefficient (Wildman–Crippen LogP) is 4.06. The molecule has 2 amide bonds. The third kappa shape index (κ3) is 4.59. The van der Waals surface area contributed by atoms with Crippen LogP contribution >= 0.6 is 45.9 Å². The van der Waals surface area contributed by atoms with Gasteiger partial charge in [-0.1, -0.05) is 29.3 Å². The van der Waals surface area contributed by atoms with Gasteiger partial charge in [0.15, 0.2) is 9.93 Å². The predicted molar refractivity (Wildman–Crippen MR) is 104 cm³/mol. The van der Waals surface area contributed by atoms with Crippen LogP contribution in [0.1, 0.15) is 23.0 Å². The number of hydrogen-bond acceptors (Lipinski definition) is 5. The van der Waals surface area contributed by atoms with E-state index in [0.717, 1.165) is 5.56 Å². The lowest BCUT2D eigenvalue weighted by Gasteiger charge is -2.06. The normalized spacial score (nSPS) is 11.6. The number of thiazole rings is 2. The Morgan fingerprint density at radius 3 is 2.85 bits per heavy atom. The largest absolute Gasteiger partial charge is 0.319 e. The van der Waals surface area contributed by atoms with Crippen LogP contribution in [0.25, 0.3) is 0 Å². The summed E-state index contributed by atoms with van der Waals surface area (Å²) in [4.78, 5) is 32.1. The summed E-state index contributed by atoms with van der Waals surface area (Å²) < 4.78 is 1.82. The Morgan fingerprint density at radius 1 is 1.31 bits per heavy atom. The lowest BCUT2D eigenvalue weighted by atomic mass is 10.2. The van der Waals surface area contributed by atoms with E-state index in [0.29, 0.717) is 26.5 Å². The van der Waals surface area contributed by atoms with E-state index in [1.165, 1.54) is 29.6 Å². The Bertz CT molecular complexity index is 1040. The number of anilines is 1. The highest BCUT2D eigenvalue weighted by Gasteiger charge is 2.11. The van der Waals surface area contributed by atoms with Crippen molar-refractivity contribution in [3.05, 3.63) is 61.3 Å². The van der Waals surface area contributed by atoms with Crippen LogP contribution < -0.4 is 10.1 Å². The second kappa shape index (κ2) is 8.13. The number of carbonyl (C=O) groups is 2. The Hall–Kier alpha value is -2.00. The summed E-state index contributed by atoms with van der Waals surface area (Å²) in [7, 11) is 0. The smallest absolute Gasteiger partial charge is 0.299 e. The molecule has 0 spiro atoms. The maximum absolute atomic E-state index is 12.3. The number of rotatable bonds is 4. The SMILES string of the molecule is CC(=O)Nc1nc(C(=O)N=c2sccn2Cc2ccc(Cl)cc2Cl)cs1. The molecule has 0 saturated heterocycles. The summed E-state index contributed by atoms with van der Waals surface area (Å²) in [5.41, 5.74) is 1.05. The first-order valence-corrected chi connectivity index (χ1v) is 9.84. The number of aromatic nitrogens is 2. The molecule has 0 aliphatic rings. The second-order valence-corrected chi connectivity index (χ2v) is 7.76. The Labute approximate surface area is 166 Å². The van der Waals surface area contributed by atoms with Crippen molar-refractivity contribution in [1.82, 2.24) is 9.55 Å². The topological polar surface area (TPSA) is 76.3 Å². The van der Waals surface area contributed by atoms with Crippen molar-refractivity contribution in [2.75, 3.05) is 5.32 Å². The van der Waals surface area contributed by atoms with Crippen molar-refractivity contribution in [2.45, 2.75) is 13.5 Å². The molecular weight excluding hydrogens is 415 g/mol. The fraction of sp³-hybridized carbons (Fsp3) is 0.125. The number of amides is 2. The summed E-state index contributed by atoms with van der Waals surface area (Å²) in [6.07, 6.45) is 1.82. The van der Waals surface area contributed by atoms with Crippen LogP contribution in [0.3, 0.4) is 0 Å². The summed E-state index contributed by atoms with van der Waals surface area (Å²) >= 11 is 14.6. The van der Waals surface area contributed by atoms with Gasteiger partial charge in [-0.3, -0.25) is 9.59 Å². The van der Waals surface area contributed by atoms with Crippen LogP contribution in [0.5, 0.6) is 0 Å². The average Bonchev–Trinajstić information content (AvgIpc) is 3.19. The van der Waals surface area contributed by atoms with Crippen LogP contribution in [-0.2, 0) is 11.3 Å². The van der Waals surface area contributed by atoms with Gasteiger partial charge in [-0.05, 0) is 17.7 Å². The van der Waals surface area contributed by atoms with Crippen molar-refractivity contribution in [1.29, 1.82) is 0 Å². The highest BCUT2D eigenvalue weighted by atomic mass is 35.5. The van der Waals surface area contributed by atoms with E-state index in [1.54, 1.807) is 17.5 Å². The van der Waals surface area contributed by atoms with Crippen LogP contribution in [0.15, 0.2) is 40.1 Å². The number of carbonyl (C=O) groups excluding carboxylic acids is 2. The fourth-order valence-corrected chi connectivity index (χ4v) is 3.99. The third-order valence-electron chi connectivity index (χ3n) is 3.22. The highest BCUT2D eigenvalue weighted by Crippen LogP contribution is 2.21. The molecule has 0 aliphatic heterocycles. The van der Waals surface area contributed by atoms with Gasteiger partial charge in [-0.15, -0.1) is 22.7 Å². The summed E-state index contributed by atoms with van der Waals surface area (Å²) in [6.45, 7) is 1.84. The van der Waals surface area contributed by atoms with E-state index in [9.17, 15) is 9.59 Å². The Kier molecular flexibility index (Phi) is 5.87. The first-order chi connectivity index (χ1) is 12.4. The zero-order chi connectivity index (χ0) is 18.7. The molecule has 1 N–H and O–H groups in total. The fourth-order valence-electron chi connectivity index (χ4n) is 2.06. The maximum atomic E-state index is 12.3. The molecule has 0 radical (unpaired) electrons. The van der Waals surface area contributed by atoms with Crippen LogP contribution in [-0.4, -0.2) is 21.4 Å². The van der Waals surface area contributed by atoms with Gasteiger partial charge in [0, 0.05) is 33.9 Å². The third-order valence-corrected chi connectivity index (χ3v) is 5.36. The molecule has 3 aromatic rings. The second-order valence-electron chi connectivity index (χ2n) is 5.19. The molecule has 2 aromatic heterocycles. The minimum Gasteiger partial charge on any atom is -0.319 e. The molecule has 0 unspecified atom stereocenters. The first-order valence-electron chi connectivity index (χ1n) is 7.32. The number of nitrogens with zero attached hydrogens (tertiary/aromatic N) is 3. The van der Waals surface area contributed by atoms with E-state index in [-0.39, 0.29) is 11.6 Å². The van der Waals surface area contributed by atoms with Gasteiger partial charge < -0.3 is 9.88 Å². The summed E-state index contributed by atoms with van der Waals surface area (Å²) in [6, 6.07) is 5.27. The molecule has 6 nitrogen and oxygen atoms in total. The zero-order valence-electron chi connectivity index (χ0n) is 13.4. The summed E-state index contributed by atoms with van der Waals surface area (Å²) in [5, 5.41) is 7.41. The van der Waals surface area contributed by atoms with E-state index in [2.05, 4.69) is 15.3 Å². The average molecular weight is 427 g/mol. The van der Waals surface area contributed by atoms with Crippen LogP contribution in [0.2, 0.25) is 10.0 Å². The standard InChI is InChI=1S/C16H12Cl2N4O2S2/c1-9(23)19-15-20-13(8-26-15)14(24)21-16-22(4-5-25-16)7-10-2-3-11(17)6-12(10)18/h2-6,8H,7H2,1H3,(H,19,20,23). The molecule has 3 rings (SSSR count). The van der Waals surface area contributed by atoms with Crippen molar-refractivity contribution in [3.8, 4) is 0 Å². The van der Waals surface area contributed by atoms with Gasteiger partial charge in [-0.25, -0.2) is 4.98 Å². The molecule has 0 atom stereocenters. The molecule has 1 aromatic carbocycles. The monoisotopic (exact) mass is 426 g/mol. The van der Waals surface area contributed by atoms with Crippen LogP contribution in [0, 0.1) is 0 Å². The van der Waals surface area contributed by atoms with Crippen molar-refractivity contribution in [3.63, 3.8) is 0 Å². The van der Waals surface area contributed by atoms with E-state index < -0.39 is 5.91 Å². The van der Waals surface area contributed by atoms with E-state index >= 15 is 0 Å². The molecule has 0 saturated carbocycles. The molecule has 26 heavy (non-hydrogen) atoms. The number of nitrogens with one attached hydrogen (secondary N) is 1. The van der Waals surface area contributed by atoms with Gasteiger partial charge in [0.05, 0.1) is 6.54 Å². The first kappa shape index (κ1) is 18.8. The van der Waals surface area contributed by atoms with Gasteiger partial charge in [-0.2, -0.15) is 4.99 Å². The number of hydrogen-bond donors (Lipinski definition) is 1. The molecule has 10 heteroatoms. The van der Waals surface area contributed by atoms with Gasteiger partial charge in [0.25, 0.3) is 5.91 Å². The minimum absolute atomic E-state index is 0.184. The molecule has 0 fully saturated rings. The molecule has 134 valence electrons. The number of benzene rings is 1. The van der Waals surface area contributed by atoms with Crippen LogP contribution in [0.4, 0.5) is 5.13 Å². The lowest BCUT2D eigenvalue weighted by Crippen LogP contribution is -2.17. The molecule has 2 heterocycles. The van der Waals surface area contributed by atoms with E-state index in [4.69, 9.17) is 23.2 Å². The molecular formula is C16H12Cl2N4O2S2. The Morgan fingerprint density at radius 2 is 2.12 bits per heavy atom. The highest BCUT2D eigenvalue weighted by molar-refractivity contribution is 7.14. The maximum Gasteiger partial charge on any atom is 0.299 e. The Balaban J connectivity index is 1.84. The van der Waals surface area contributed by atoms with Gasteiger partial charge in [0.2, 0.25) is 5.91 Å².